The highest BCUT2D eigenvalue weighted by atomic mass is 15.1. The average Bonchev–Trinajstić information content (AvgIpc) is 3.72. The normalized spacial score (nSPS) is 12.9. The van der Waals surface area contributed by atoms with Crippen molar-refractivity contribution >= 4 is 49.6 Å². The van der Waals surface area contributed by atoms with E-state index in [1.54, 1.807) is 0 Å². The molecule has 2 heteroatoms. The Bertz CT molecular complexity index is 3130. The van der Waals surface area contributed by atoms with Crippen molar-refractivity contribution < 1.29 is 0 Å². The monoisotopic (exact) mass is 728 g/mol. The molecule has 1 aromatic heterocycles. The first-order valence-corrected chi connectivity index (χ1v) is 19.8. The quantitative estimate of drug-likeness (QED) is 0.165. The first-order chi connectivity index (χ1) is 28.0. The molecular weight excluding hydrogens is 689 g/mol. The fourth-order valence-electron chi connectivity index (χ4n) is 9.36. The van der Waals surface area contributed by atoms with Gasteiger partial charge in [-0.2, -0.15) is 0 Å². The summed E-state index contributed by atoms with van der Waals surface area (Å²) in [5, 5.41) is 4.99. The molecule has 0 spiro atoms. The van der Waals surface area contributed by atoms with Crippen molar-refractivity contribution in [3.8, 4) is 39.1 Å². The summed E-state index contributed by atoms with van der Waals surface area (Å²) in [4.78, 5) is 2.44. The summed E-state index contributed by atoms with van der Waals surface area (Å²) < 4.78 is 2.41. The second-order valence-electron chi connectivity index (χ2n) is 15.8. The Labute approximate surface area is 333 Å². The molecule has 0 N–H and O–H groups in total. The standard InChI is InChI=1S/C55H40N2/c1-55(2)50-33-31-44(35-49(50)54-46(21-13-22-51(54)55)39-15-5-3-6-16-39)56(43-28-26-38(27-29-43)41-25-24-37-14-9-10-17-40(37)34-41)45-30-32-48-47-20-11-12-23-52(47)57(53(48)36-45)42-18-7-4-8-19-42/h3-36H,1-2H3. The Morgan fingerprint density at radius 2 is 1.04 bits per heavy atom. The summed E-state index contributed by atoms with van der Waals surface area (Å²) in [5.74, 6) is 0. The maximum atomic E-state index is 2.44. The highest BCUT2D eigenvalue weighted by Gasteiger charge is 2.37. The number of nitrogens with zero attached hydrogens (tertiary/aromatic N) is 2. The van der Waals surface area contributed by atoms with E-state index in [2.05, 4.69) is 230 Å². The van der Waals surface area contributed by atoms with E-state index in [-0.39, 0.29) is 5.41 Å². The van der Waals surface area contributed by atoms with Crippen LogP contribution in [0.25, 0.3) is 71.6 Å². The predicted molar refractivity (Wildman–Crippen MR) is 241 cm³/mol. The number of benzene rings is 9. The molecule has 0 unspecified atom stereocenters. The minimum atomic E-state index is -0.129. The van der Waals surface area contributed by atoms with Crippen molar-refractivity contribution in [2.24, 2.45) is 0 Å². The molecule has 11 rings (SSSR count). The van der Waals surface area contributed by atoms with Crippen molar-refractivity contribution in [1.29, 1.82) is 0 Å². The largest absolute Gasteiger partial charge is 0.310 e. The first-order valence-electron chi connectivity index (χ1n) is 19.8. The lowest BCUT2D eigenvalue weighted by atomic mass is 9.82. The molecule has 0 saturated heterocycles. The van der Waals surface area contributed by atoms with Crippen LogP contribution in [0.5, 0.6) is 0 Å². The van der Waals surface area contributed by atoms with Crippen LogP contribution in [0, 0.1) is 0 Å². The van der Waals surface area contributed by atoms with Gasteiger partial charge < -0.3 is 9.47 Å². The van der Waals surface area contributed by atoms with E-state index < -0.39 is 0 Å². The Morgan fingerprint density at radius 3 is 1.86 bits per heavy atom. The number of para-hydroxylation sites is 2. The van der Waals surface area contributed by atoms with Gasteiger partial charge >= 0.3 is 0 Å². The SMILES string of the molecule is CC1(C)c2ccc(N(c3ccc(-c4ccc5ccccc5c4)cc3)c3ccc4c5ccccc5n(-c5ccccc5)c4c3)cc2-c2c(-c3ccccc3)cccc21. The highest BCUT2D eigenvalue weighted by molar-refractivity contribution is 6.10. The van der Waals surface area contributed by atoms with Crippen molar-refractivity contribution in [3.63, 3.8) is 0 Å². The van der Waals surface area contributed by atoms with E-state index in [1.165, 1.54) is 77.1 Å². The lowest BCUT2D eigenvalue weighted by Gasteiger charge is -2.27. The molecule has 1 heterocycles. The minimum absolute atomic E-state index is 0.129. The average molecular weight is 729 g/mol. The lowest BCUT2D eigenvalue weighted by molar-refractivity contribution is 0.660. The fourth-order valence-corrected chi connectivity index (χ4v) is 9.36. The Morgan fingerprint density at radius 1 is 0.386 bits per heavy atom. The lowest BCUT2D eigenvalue weighted by Crippen LogP contribution is -2.15. The summed E-state index contributed by atoms with van der Waals surface area (Å²) in [6.07, 6.45) is 0. The number of rotatable bonds is 6. The Hall–Kier alpha value is -7.16. The van der Waals surface area contributed by atoms with Gasteiger partial charge in [-0.05, 0) is 116 Å². The molecule has 0 amide bonds. The topological polar surface area (TPSA) is 8.17 Å². The molecular formula is C55H40N2. The maximum absolute atomic E-state index is 2.44. The number of hydrogen-bond acceptors (Lipinski definition) is 1. The van der Waals surface area contributed by atoms with Gasteiger partial charge in [-0.3, -0.25) is 0 Å². The van der Waals surface area contributed by atoms with E-state index in [4.69, 9.17) is 0 Å². The number of aromatic nitrogens is 1. The van der Waals surface area contributed by atoms with Gasteiger partial charge in [0, 0.05) is 38.9 Å². The van der Waals surface area contributed by atoms with Crippen molar-refractivity contribution in [2.75, 3.05) is 4.90 Å². The van der Waals surface area contributed by atoms with Gasteiger partial charge in [-0.25, -0.2) is 0 Å². The van der Waals surface area contributed by atoms with E-state index in [1.807, 2.05) is 0 Å². The van der Waals surface area contributed by atoms with Crippen LogP contribution in [-0.4, -0.2) is 4.57 Å². The number of anilines is 3. The molecule has 1 aliphatic rings. The summed E-state index contributed by atoms with van der Waals surface area (Å²) in [7, 11) is 0. The van der Waals surface area contributed by atoms with E-state index in [9.17, 15) is 0 Å². The third-order valence-electron chi connectivity index (χ3n) is 12.2. The molecule has 0 atom stereocenters. The molecule has 0 bridgehead atoms. The Balaban J connectivity index is 1.12. The van der Waals surface area contributed by atoms with Gasteiger partial charge in [-0.15, -0.1) is 0 Å². The van der Waals surface area contributed by atoms with E-state index >= 15 is 0 Å². The minimum Gasteiger partial charge on any atom is -0.310 e. The molecule has 2 nitrogen and oxygen atoms in total. The first kappa shape index (κ1) is 33.2. The summed E-state index contributed by atoms with van der Waals surface area (Å²) in [6, 6.07) is 75.7. The Kier molecular flexibility index (Phi) is 7.55. The maximum Gasteiger partial charge on any atom is 0.0561 e. The van der Waals surface area contributed by atoms with Crippen LogP contribution in [0.3, 0.4) is 0 Å². The molecule has 57 heavy (non-hydrogen) atoms. The summed E-state index contributed by atoms with van der Waals surface area (Å²) in [5.41, 5.74) is 17.0. The third kappa shape index (κ3) is 5.33. The van der Waals surface area contributed by atoms with Crippen LogP contribution >= 0.6 is 0 Å². The zero-order valence-corrected chi connectivity index (χ0v) is 32.0. The second kappa shape index (κ2) is 13.0. The molecule has 9 aromatic carbocycles. The van der Waals surface area contributed by atoms with Crippen LogP contribution in [0.4, 0.5) is 17.1 Å². The van der Waals surface area contributed by atoms with Gasteiger partial charge in [0.05, 0.1) is 11.0 Å². The molecule has 10 aromatic rings. The third-order valence-corrected chi connectivity index (χ3v) is 12.2. The van der Waals surface area contributed by atoms with E-state index in [0.717, 1.165) is 22.7 Å². The highest BCUT2D eigenvalue weighted by Crippen LogP contribution is 2.54. The van der Waals surface area contributed by atoms with Crippen LogP contribution in [0.15, 0.2) is 206 Å². The molecule has 0 fully saturated rings. The van der Waals surface area contributed by atoms with Crippen molar-refractivity contribution in [3.05, 3.63) is 217 Å². The second-order valence-corrected chi connectivity index (χ2v) is 15.8. The fraction of sp³-hybridized carbons (Fsp3) is 0.0545. The molecule has 1 aliphatic carbocycles. The molecule has 0 radical (unpaired) electrons. The van der Waals surface area contributed by atoms with Crippen LogP contribution in [0.2, 0.25) is 0 Å². The van der Waals surface area contributed by atoms with Gasteiger partial charge in [-0.1, -0.05) is 159 Å². The number of fused-ring (bicyclic) bond motifs is 7. The zero-order chi connectivity index (χ0) is 38.1. The molecule has 0 aliphatic heterocycles. The van der Waals surface area contributed by atoms with E-state index in [0.29, 0.717) is 0 Å². The molecule has 0 saturated carbocycles. The summed E-state index contributed by atoms with van der Waals surface area (Å²) >= 11 is 0. The van der Waals surface area contributed by atoms with Crippen molar-refractivity contribution in [1.82, 2.24) is 4.57 Å². The van der Waals surface area contributed by atoms with Crippen LogP contribution in [-0.2, 0) is 5.41 Å². The van der Waals surface area contributed by atoms with Gasteiger partial charge in [0.2, 0.25) is 0 Å². The zero-order valence-electron chi connectivity index (χ0n) is 32.0. The van der Waals surface area contributed by atoms with Crippen molar-refractivity contribution in [2.45, 2.75) is 19.3 Å². The van der Waals surface area contributed by atoms with Gasteiger partial charge in [0.25, 0.3) is 0 Å². The van der Waals surface area contributed by atoms with Crippen LogP contribution in [0.1, 0.15) is 25.0 Å². The number of hydrogen-bond donors (Lipinski definition) is 0. The van der Waals surface area contributed by atoms with Gasteiger partial charge in [0.15, 0.2) is 0 Å². The molecule has 270 valence electrons. The summed E-state index contributed by atoms with van der Waals surface area (Å²) in [6.45, 7) is 4.73. The van der Waals surface area contributed by atoms with Crippen LogP contribution < -0.4 is 4.90 Å². The smallest absolute Gasteiger partial charge is 0.0561 e. The predicted octanol–water partition coefficient (Wildman–Crippen LogP) is 15.0. The van der Waals surface area contributed by atoms with Gasteiger partial charge in [0.1, 0.15) is 0 Å².